The van der Waals surface area contributed by atoms with Gasteiger partial charge in [0.15, 0.2) is 0 Å². The first-order valence-corrected chi connectivity index (χ1v) is 4.58. The van der Waals surface area contributed by atoms with Gasteiger partial charge in [-0.3, -0.25) is 10.1 Å². The highest BCUT2D eigenvalue weighted by atomic mass is 35.5. The maximum Gasteiger partial charge on any atom is 0.323 e. The van der Waals surface area contributed by atoms with E-state index in [4.69, 9.17) is 11.6 Å². The summed E-state index contributed by atoms with van der Waals surface area (Å²) in [7, 11) is 1.38. The van der Waals surface area contributed by atoms with Crippen molar-refractivity contribution in [2.45, 2.75) is 26.3 Å². The summed E-state index contributed by atoms with van der Waals surface area (Å²) in [5, 5.41) is 2.87. The Balaban J connectivity index is 4.11. The van der Waals surface area contributed by atoms with Crippen molar-refractivity contribution in [2.75, 3.05) is 13.1 Å². The van der Waals surface area contributed by atoms with Crippen LogP contribution < -0.4 is 5.32 Å². The molecule has 0 aromatic rings. The molecule has 0 saturated heterocycles. The smallest absolute Gasteiger partial charge is 0.323 e. The van der Waals surface area contributed by atoms with Crippen LogP contribution in [0.15, 0.2) is 0 Å². The molecule has 72 valence electrons. The summed E-state index contributed by atoms with van der Waals surface area (Å²) < 4.78 is 4.63. The Bertz CT molecular complexity index is 141. The number of methoxy groups -OCH3 is 1. The van der Waals surface area contributed by atoms with Gasteiger partial charge in [-0.25, -0.2) is 0 Å². The lowest BCUT2D eigenvalue weighted by molar-refractivity contribution is -0.144. The molecule has 0 amide bonds. The third-order valence-electron chi connectivity index (χ3n) is 1.97. The third kappa shape index (κ3) is 3.41. The van der Waals surface area contributed by atoms with Crippen molar-refractivity contribution >= 4 is 17.6 Å². The molecule has 2 atom stereocenters. The van der Waals surface area contributed by atoms with Crippen LogP contribution in [0.25, 0.3) is 0 Å². The zero-order valence-electron chi connectivity index (χ0n) is 7.76. The number of carbonyl (C=O) groups excluding carboxylic acids is 1. The molecule has 1 N–H and O–H groups in total. The van der Waals surface area contributed by atoms with Crippen molar-refractivity contribution in [3.05, 3.63) is 0 Å². The molecule has 0 aliphatic heterocycles. The molecule has 3 nitrogen and oxygen atoms in total. The van der Waals surface area contributed by atoms with E-state index in [0.717, 1.165) is 6.42 Å². The Morgan fingerprint density at radius 1 is 1.67 bits per heavy atom. The highest BCUT2D eigenvalue weighted by molar-refractivity contribution is 6.17. The van der Waals surface area contributed by atoms with Crippen LogP contribution in [-0.2, 0) is 9.53 Å². The van der Waals surface area contributed by atoms with Crippen LogP contribution in [0.4, 0.5) is 0 Å². The number of halogens is 1. The minimum atomic E-state index is -0.280. The van der Waals surface area contributed by atoms with E-state index < -0.39 is 0 Å². The molecular formula is C8H16ClNO2. The Morgan fingerprint density at radius 3 is 2.58 bits per heavy atom. The molecule has 0 aromatic carbocycles. The van der Waals surface area contributed by atoms with Gasteiger partial charge in [0.2, 0.25) is 0 Å². The van der Waals surface area contributed by atoms with Crippen molar-refractivity contribution in [1.29, 1.82) is 0 Å². The molecular weight excluding hydrogens is 178 g/mol. The maximum atomic E-state index is 11.2. The first-order chi connectivity index (χ1) is 5.67. The summed E-state index contributed by atoms with van der Waals surface area (Å²) in [5.41, 5.74) is 0. The van der Waals surface area contributed by atoms with Gasteiger partial charge in [-0.05, 0) is 5.92 Å². The van der Waals surface area contributed by atoms with E-state index in [2.05, 4.69) is 10.1 Å². The molecule has 0 aliphatic carbocycles. The minimum Gasteiger partial charge on any atom is -0.468 e. The SMILES string of the molecule is CC[C@H](C)[C@H](NCCl)C(=O)OC. The first-order valence-electron chi connectivity index (χ1n) is 4.04. The molecule has 0 aliphatic rings. The monoisotopic (exact) mass is 193 g/mol. The summed E-state index contributed by atoms with van der Waals surface area (Å²) in [6, 6.07) is -0.0121. The van der Waals surface area contributed by atoms with Crippen LogP contribution in [0.5, 0.6) is 0 Å². The molecule has 0 rings (SSSR count). The van der Waals surface area contributed by atoms with Gasteiger partial charge in [0.25, 0.3) is 0 Å². The number of nitrogens with one attached hydrogen (secondary N) is 1. The van der Waals surface area contributed by atoms with Crippen LogP contribution >= 0.6 is 11.6 Å². The number of hydrogen-bond donors (Lipinski definition) is 1. The topological polar surface area (TPSA) is 38.3 Å². The fourth-order valence-electron chi connectivity index (χ4n) is 0.963. The van der Waals surface area contributed by atoms with Crippen LogP contribution in [0, 0.1) is 5.92 Å². The van der Waals surface area contributed by atoms with Gasteiger partial charge >= 0.3 is 5.97 Å². The van der Waals surface area contributed by atoms with Gasteiger partial charge in [-0.2, -0.15) is 0 Å². The Labute approximate surface area is 78.4 Å². The van der Waals surface area contributed by atoms with E-state index in [1.165, 1.54) is 7.11 Å². The molecule has 0 bridgehead atoms. The van der Waals surface area contributed by atoms with Crippen LogP contribution in [0.2, 0.25) is 0 Å². The molecule has 0 heterocycles. The zero-order chi connectivity index (χ0) is 9.56. The number of hydrogen-bond acceptors (Lipinski definition) is 3. The lowest BCUT2D eigenvalue weighted by Gasteiger charge is -2.20. The van der Waals surface area contributed by atoms with E-state index in [0.29, 0.717) is 0 Å². The highest BCUT2D eigenvalue weighted by Gasteiger charge is 2.23. The number of rotatable bonds is 5. The van der Waals surface area contributed by atoms with Gasteiger partial charge in [-0.15, -0.1) is 11.6 Å². The van der Waals surface area contributed by atoms with Gasteiger partial charge < -0.3 is 4.74 Å². The fraction of sp³-hybridized carbons (Fsp3) is 0.875. The van der Waals surface area contributed by atoms with Gasteiger partial charge in [0.05, 0.1) is 13.1 Å². The van der Waals surface area contributed by atoms with E-state index in [-0.39, 0.29) is 23.9 Å². The number of esters is 1. The summed E-state index contributed by atoms with van der Waals surface area (Å²) in [5.74, 6) is 0.00111. The van der Waals surface area contributed by atoms with E-state index >= 15 is 0 Å². The first kappa shape index (κ1) is 11.7. The molecule has 0 saturated carbocycles. The molecule has 0 spiro atoms. The number of alkyl halides is 1. The fourth-order valence-corrected chi connectivity index (χ4v) is 1.13. The van der Waals surface area contributed by atoms with Crippen molar-refractivity contribution in [3.63, 3.8) is 0 Å². The van der Waals surface area contributed by atoms with Crippen LogP contribution in [0.1, 0.15) is 20.3 Å². The van der Waals surface area contributed by atoms with Crippen molar-refractivity contribution in [2.24, 2.45) is 5.92 Å². The highest BCUT2D eigenvalue weighted by Crippen LogP contribution is 2.08. The summed E-state index contributed by atoms with van der Waals surface area (Å²) >= 11 is 5.48. The van der Waals surface area contributed by atoms with E-state index in [9.17, 15) is 4.79 Å². The number of ether oxygens (including phenoxy) is 1. The van der Waals surface area contributed by atoms with Gasteiger partial charge in [0, 0.05) is 0 Å². The predicted octanol–water partition coefficient (Wildman–Crippen LogP) is 1.36. The summed E-state index contributed by atoms with van der Waals surface area (Å²) in [4.78, 5) is 11.2. The lowest BCUT2D eigenvalue weighted by Crippen LogP contribution is -2.41. The van der Waals surface area contributed by atoms with Crippen molar-refractivity contribution in [1.82, 2.24) is 5.32 Å². The lowest BCUT2D eigenvalue weighted by atomic mass is 10.00. The van der Waals surface area contributed by atoms with Gasteiger partial charge in [0.1, 0.15) is 6.04 Å². The quantitative estimate of drug-likeness (QED) is 0.407. The molecule has 0 fully saturated rings. The standard InChI is InChI=1S/C8H16ClNO2/c1-4-6(2)7(10-5-9)8(11)12-3/h6-7,10H,4-5H2,1-3H3/t6-,7-/m0/s1. The second kappa shape index (κ2) is 6.26. The molecule has 12 heavy (non-hydrogen) atoms. The maximum absolute atomic E-state index is 11.2. The van der Waals surface area contributed by atoms with Crippen molar-refractivity contribution < 1.29 is 9.53 Å². The second-order valence-corrected chi connectivity index (χ2v) is 2.99. The van der Waals surface area contributed by atoms with Crippen LogP contribution in [0.3, 0.4) is 0 Å². The third-order valence-corrected chi connectivity index (χ3v) is 2.12. The molecule has 0 unspecified atom stereocenters. The van der Waals surface area contributed by atoms with Crippen LogP contribution in [-0.4, -0.2) is 25.1 Å². The van der Waals surface area contributed by atoms with Gasteiger partial charge in [-0.1, -0.05) is 20.3 Å². The average molecular weight is 194 g/mol. The molecule has 0 aromatic heterocycles. The Kier molecular flexibility index (Phi) is 6.11. The zero-order valence-corrected chi connectivity index (χ0v) is 8.52. The minimum absolute atomic E-state index is 0.245. The van der Waals surface area contributed by atoms with Crippen molar-refractivity contribution in [3.8, 4) is 0 Å². The Morgan fingerprint density at radius 2 is 2.25 bits per heavy atom. The number of carbonyl (C=O) groups is 1. The van der Waals surface area contributed by atoms with E-state index in [1.54, 1.807) is 0 Å². The largest absolute Gasteiger partial charge is 0.468 e. The summed E-state index contributed by atoms with van der Waals surface area (Å²) in [6.45, 7) is 4.01. The predicted molar refractivity (Wildman–Crippen MR) is 49.1 cm³/mol. The van der Waals surface area contributed by atoms with E-state index in [1.807, 2.05) is 13.8 Å². The molecule has 0 radical (unpaired) electrons. The molecule has 4 heteroatoms. The second-order valence-electron chi connectivity index (χ2n) is 2.72. The summed E-state index contributed by atoms with van der Waals surface area (Å²) in [6.07, 6.45) is 0.920. The average Bonchev–Trinajstić information content (AvgIpc) is 2.11. The normalized spacial score (nSPS) is 15.3. The Hall–Kier alpha value is -0.280.